The number of likely N-dealkylation sites (tertiary alicyclic amines) is 1. The van der Waals surface area contributed by atoms with Crippen LogP contribution in [0.5, 0.6) is 0 Å². The van der Waals surface area contributed by atoms with Gasteiger partial charge in [-0.3, -0.25) is 4.79 Å². The van der Waals surface area contributed by atoms with Gasteiger partial charge in [-0.2, -0.15) is 17.7 Å². The number of aromatic nitrogens is 4. The molecule has 1 aliphatic heterocycles. The van der Waals surface area contributed by atoms with Crippen molar-refractivity contribution < 1.29 is 22.4 Å². The van der Waals surface area contributed by atoms with Crippen molar-refractivity contribution in [1.82, 2.24) is 24.7 Å². The lowest BCUT2D eigenvalue weighted by Crippen LogP contribution is -2.42. The Kier molecular flexibility index (Phi) is 4.21. The molecule has 142 valence electrons. The van der Waals surface area contributed by atoms with Crippen molar-refractivity contribution in [3.8, 4) is 0 Å². The summed E-state index contributed by atoms with van der Waals surface area (Å²) in [5.74, 6) is -0.963. The smallest absolute Gasteiger partial charge is 0.453 e. The van der Waals surface area contributed by atoms with E-state index < -0.39 is 12.0 Å². The van der Waals surface area contributed by atoms with Crippen LogP contribution in [-0.4, -0.2) is 49.7 Å². The first-order valence-corrected chi connectivity index (χ1v) is 8.29. The lowest BCUT2D eigenvalue weighted by atomic mass is 10.0. The van der Waals surface area contributed by atoms with Gasteiger partial charge in [0, 0.05) is 19.1 Å². The summed E-state index contributed by atoms with van der Waals surface area (Å²) in [4.78, 5) is 14.0. The molecular formula is C16H15F3N6O2. The summed E-state index contributed by atoms with van der Waals surface area (Å²) >= 11 is 0. The normalized spacial score (nSPS) is 16.0. The number of carbonyl (C=O) groups excluding carboxylic acids is 1. The quantitative estimate of drug-likeness (QED) is 0.751. The Morgan fingerprint density at radius 3 is 2.63 bits per heavy atom. The van der Waals surface area contributed by atoms with Crippen molar-refractivity contribution >= 4 is 17.4 Å². The second-order valence-corrected chi connectivity index (χ2v) is 6.23. The molecule has 8 nitrogen and oxygen atoms in total. The number of anilines is 1. The molecule has 0 atom stereocenters. The van der Waals surface area contributed by atoms with Gasteiger partial charge >= 0.3 is 6.18 Å². The molecule has 1 aliphatic rings. The molecule has 4 heterocycles. The van der Waals surface area contributed by atoms with Crippen molar-refractivity contribution in [1.29, 1.82) is 0 Å². The van der Waals surface area contributed by atoms with Gasteiger partial charge in [0.15, 0.2) is 5.65 Å². The Hall–Kier alpha value is -3.11. The summed E-state index contributed by atoms with van der Waals surface area (Å²) in [5.41, 5.74) is 0.522. The number of hydrogen-bond acceptors (Lipinski definition) is 6. The van der Waals surface area contributed by atoms with Crippen molar-refractivity contribution in [2.24, 2.45) is 0 Å². The zero-order chi connectivity index (χ0) is 19.0. The third-order valence-electron chi connectivity index (χ3n) is 4.42. The fraction of sp³-hybridized carbons (Fsp3) is 0.375. The number of nitrogens with one attached hydrogen (secondary N) is 1. The Morgan fingerprint density at radius 2 is 1.96 bits per heavy atom. The predicted octanol–water partition coefficient (Wildman–Crippen LogP) is 2.45. The average Bonchev–Trinajstić information content (AvgIpc) is 3.31. The van der Waals surface area contributed by atoms with Crippen LogP contribution in [0.1, 0.15) is 29.0 Å². The maximum Gasteiger partial charge on any atom is 0.453 e. The van der Waals surface area contributed by atoms with Crippen LogP contribution in [0.2, 0.25) is 0 Å². The highest BCUT2D eigenvalue weighted by Gasteiger charge is 2.37. The number of hydrogen-bond donors (Lipinski definition) is 1. The van der Waals surface area contributed by atoms with Crippen LogP contribution in [0.15, 0.2) is 35.1 Å². The SMILES string of the molecule is O=C(c1ccoc1)N1CCC(Nc2ccc3nnc(C(F)(F)F)n3n2)CC1. The Morgan fingerprint density at radius 1 is 1.19 bits per heavy atom. The van der Waals surface area contributed by atoms with Crippen LogP contribution >= 0.6 is 0 Å². The van der Waals surface area contributed by atoms with Crippen molar-refractivity contribution in [3.05, 3.63) is 42.1 Å². The Balaban J connectivity index is 1.42. The number of fused-ring (bicyclic) bond motifs is 1. The lowest BCUT2D eigenvalue weighted by molar-refractivity contribution is -0.146. The van der Waals surface area contributed by atoms with E-state index in [1.807, 2.05) is 0 Å². The molecule has 1 N–H and O–H groups in total. The molecule has 0 radical (unpaired) electrons. The van der Waals surface area contributed by atoms with Gasteiger partial charge in [0.2, 0.25) is 0 Å². The van der Waals surface area contributed by atoms with Crippen molar-refractivity contribution in [2.45, 2.75) is 25.1 Å². The molecule has 27 heavy (non-hydrogen) atoms. The van der Waals surface area contributed by atoms with Crippen LogP contribution < -0.4 is 5.32 Å². The zero-order valence-electron chi connectivity index (χ0n) is 14.0. The standard InChI is InChI=1S/C16H15F3N6O2/c17-16(18,19)15-22-21-13-2-1-12(23-25(13)15)20-11-3-6-24(7-4-11)14(26)10-5-8-27-9-10/h1-2,5,8-9,11H,3-4,6-7H2,(H,20,23). The summed E-state index contributed by atoms with van der Waals surface area (Å²) in [5, 5.41) is 13.7. The second kappa shape index (κ2) is 6.56. The van der Waals surface area contributed by atoms with Crippen LogP contribution in [0.3, 0.4) is 0 Å². The van der Waals surface area contributed by atoms with E-state index in [4.69, 9.17) is 4.42 Å². The first kappa shape index (κ1) is 17.3. The predicted molar refractivity (Wildman–Crippen MR) is 87.0 cm³/mol. The number of piperidine rings is 1. The van der Waals surface area contributed by atoms with Gasteiger partial charge in [-0.05, 0) is 31.0 Å². The van der Waals surface area contributed by atoms with E-state index in [1.165, 1.54) is 18.6 Å². The molecule has 1 saturated heterocycles. The summed E-state index contributed by atoms with van der Waals surface area (Å²) in [6.45, 7) is 1.06. The molecular weight excluding hydrogens is 365 g/mol. The third-order valence-corrected chi connectivity index (χ3v) is 4.42. The first-order valence-electron chi connectivity index (χ1n) is 8.29. The number of amides is 1. The van der Waals surface area contributed by atoms with Gasteiger partial charge in [-0.15, -0.1) is 15.3 Å². The number of alkyl halides is 3. The minimum absolute atomic E-state index is 0.00540. The van der Waals surface area contributed by atoms with Gasteiger partial charge in [0.25, 0.3) is 11.7 Å². The molecule has 1 fully saturated rings. The minimum Gasteiger partial charge on any atom is -0.472 e. The van der Waals surface area contributed by atoms with Crippen molar-refractivity contribution in [2.75, 3.05) is 18.4 Å². The number of carbonyl (C=O) groups is 1. The number of rotatable bonds is 3. The molecule has 11 heteroatoms. The summed E-state index contributed by atoms with van der Waals surface area (Å²) in [6.07, 6.45) is -0.480. The largest absolute Gasteiger partial charge is 0.472 e. The summed E-state index contributed by atoms with van der Waals surface area (Å²) in [6, 6.07) is 4.60. The fourth-order valence-electron chi connectivity index (χ4n) is 3.05. The van der Waals surface area contributed by atoms with E-state index in [-0.39, 0.29) is 17.6 Å². The molecule has 3 aromatic heterocycles. The Labute approximate surface area is 151 Å². The maximum atomic E-state index is 12.9. The van der Waals surface area contributed by atoms with Crippen LogP contribution in [-0.2, 0) is 6.18 Å². The van der Waals surface area contributed by atoms with E-state index in [2.05, 4.69) is 20.6 Å². The van der Waals surface area contributed by atoms with Gasteiger partial charge in [-0.1, -0.05) is 0 Å². The highest BCUT2D eigenvalue weighted by Crippen LogP contribution is 2.27. The van der Waals surface area contributed by atoms with E-state index in [0.29, 0.717) is 41.8 Å². The van der Waals surface area contributed by atoms with Gasteiger partial charge in [0.1, 0.15) is 12.1 Å². The van der Waals surface area contributed by atoms with Gasteiger partial charge < -0.3 is 14.6 Å². The van der Waals surface area contributed by atoms with Gasteiger partial charge in [0.05, 0.1) is 11.8 Å². The maximum absolute atomic E-state index is 12.9. The molecule has 3 aromatic rings. The zero-order valence-corrected chi connectivity index (χ0v) is 14.0. The molecule has 1 amide bonds. The Bertz CT molecular complexity index is 945. The monoisotopic (exact) mass is 380 g/mol. The van der Waals surface area contributed by atoms with E-state index in [9.17, 15) is 18.0 Å². The molecule has 0 bridgehead atoms. The fourth-order valence-corrected chi connectivity index (χ4v) is 3.05. The van der Waals surface area contributed by atoms with Crippen LogP contribution in [0, 0.1) is 0 Å². The van der Waals surface area contributed by atoms with E-state index >= 15 is 0 Å². The first-order chi connectivity index (χ1) is 12.9. The number of halogens is 3. The van der Waals surface area contributed by atoms with Crippen LogP contribution in [0.4, 0.5) is 19.0 Å². The topological polar surface area (TPSA) is 88.6 Å². The minimum atomic E-state index is -4.64. The molecule has 0 saturated carbocycles. The second-order valence-electron chi connectivity index (χ2n) is 6.23. The highest BCUT2D eigenvalue weighted by molar-refractivity contribution is 5.93. The third kappa shape index (κ3) is 3.44. The number of furan rings is 1. The summed E-state index contributed by atoms with van der Waals surface area (Å²) < 4.78 is 44.5. The lowest BCUT2D eigenvalue weighted by Gasteiger charge is -2.32. The van der Waals surface area contributed by atoms with Gasteiger partial charge in [-0.25, -0.2) is 0 Å². The van der Waals surface area contributed by atoms with E-state index in [0.717, 1.165) is 0 Å². The highest BCUT2D eigenvalue weighted by atomic mass is 19.4. The molecule has 0 spiro atoms. The molecule has 0 aliphatic carbocycles. The molecule has 0 aromatic carbocycles. The van der Waals surface area contributed by atoms with Crippen LogP contribution in [0.25, 0.3) is 5.65 Å². The van der Waals surface area contributed by atoms with Crippen molar-refractivity contribution in [3.63, 3.8) is 0 Å². The van der Waals surface area contributed by atoms with E-state index in [1.54, 1.807) is 17.0 Å². The summed E-state index contributed by atoms with van der Waals surface area (Å²) in [7, 11) is 0. The average molecular weight is 380 g/mol. The number of nitrogens with zero attached hydrogens (tertiary/aromatic N) is 5. The molecule has 4 rings (SSSR count). The molecule has 0 unspecified atom stereocenters.